The molecular formula is C21H24BrN3O2. The van der Waals surface area contributed by atoms with Gasteiger partial charge in [-0.2, -0.15) is 0 Å². The number of ether oxygens (including phenoxy) is 1. The molecule has 0 aromatic heterocycles. The molecule has 0 N–H and O–H groups in total. The number of hydrogen-bond donors (Lipinski definition) is 0. The minimum absolute atomic E-state index is 0.238. The lowest BCUT2D eigenvalue weighted by atomic mass is 10.1. The van der Waals surface area contributed by atoms with E-state index in [1.807, 2.05) is 62.5 Å². The highest BCUT2D eigenvalue weighted by molar-refractivity contribution is 9.10. The molecule has 0 amide bonds. The van der Waals surface area contributed by atoms with Crippen LogP contribution in [0.15, 0.2) is 51.0 Å². The largest absolute Gasteiger partial charge is 0.480 e. The number of nitrogens with zero attached hydrogens (tertiary/aromatic N) is 3. The summed E-state index contributed by atoms with van der Waals surface area (Å²) >= 11 is 3.50. The molecule has 0 saturated heterocycles. The standard InChI is InChI=1S/C21H24BrN3O2/c1-5-25(4)13-23-18-9-15(3)19(10-14(18)2)27-20-12-26-24-21(20)16-7-6-8-17(22)11-16/h6-11,13,20H,5,12H2,1-4H3. The molecule has 3 rings (SSSR count). The SMILES string of the molecule is CCN(C)C=Nc1cc(C)c(OC2CON=C2c2cccc(Br)c2)cc1C. The molecule has 0 spiro atoms. The van der Waals surface area contributed by atoms with Gasteiger partial charge in [-0.05, 0) is 56.2 Å². The third kappa shape index (κ3) is 4.69. The highest BCUT2D eigenvalue weighted by Crippen LogP contribution is 2.30. The van der Waals surface area contributed by atoms with Crippen molar-refractivity contribution in [3.8, 4) is 5.75 Å². The number of aliphatic imine (C=N–C) groups is 1. The van der Waals surface area contributed by atoms with Crippen molar-refractivity contribution in [1.82, 2.24) is 4.90 Å². The Labute approximate surface area is 168 Å². The zero-order valence-electron chi connectivity index (χ0n) is 16.1. The van der Waals surface area contributed by atoms with Crippen molar-refractivity contribution in [3.05, 3.63) is 57.6 Å². The summed E-state index contributed by atoms with van der Waals surface area (Å²) in [6, 6.07) is 12.1. The van der Waals surface area contributed by atoms with Crippen molar-refractivity contribution < 1.29 is 9.57 Å². The molecule has 1 heterocycles. The number of oxime groups is 1. The van der Waals surface area contributed by atoms with E-state index >= 15 is 0 Å². The Bertz CT molecular complexity index is 880. The second-order valence-corrected chi connectivity index (χ2v) is 7.53. The molecule has 0 aliphatic carbocycles. The van der Waals surface area contributed by atoms with Crippen molar-refractivity contribution in [2.45, 2.75) is 26.9 Å². The Morgan fingerprint density at radius 3 is 2.85 bits per heavy atom. The molecule has 1 aliphatic rings. The summed E-state index contributed by atoms with van der Waals surface area (Å²) in [5, 5.41) is 4.19. The molecule has 2 aromatic carbocycles. The van der Waals surface area contributed by atoms with Crippen LogP contribution in [0.25, 0.3) is 0 Å². The minimum Gasteiger partial charge on any atom is -0.480 e. The molecule has 0 saturated carbocycles. The van der Waals surface area contributed by atoms with E-state index in [-0.39, 0.29) is 6.10 Å². The molecule has 1 unspecified atom stereocenters. The molecule has 5 nitrogen and oxygen atoms in total. The van der Waals surface area contributed by atoms with Gasteiger partial charge in [0, 0.05) is 23.6 Å². The van der Waals surface area contributed by atoms with Gasteiger partial charge in [0.25, 0.3) is 0 Å². The van der Waals surface area contributed by atoms with E-state index in [1.165, 1.54) is 0 Å². The van der Waals surface area contributed by atoms with E-state index < -0.39 is 0 Å². The topological polar surface area (TPSA) is 46.4 Å². The molecule has 0 fully saturated rings. The molecule has 0 bridgehead atoms. The number of benzene rings is 2. The Morgan fingerprint density at radius 2 is 2.11 bits per heavy atom. The van der Waals surface area contributed by atoms with Crippen LogP contribution in [0.2, 0.25) is 0 Å². The van der Waals surface area contributed by atoms with Gasteiger partial charge in [-0.1, -0.05) is 33.2 Å². The van der Waals surface area contributed by atoms with Crippen LogP contribution < -0.4 is 4.74 Å². The van der Waals surface area contributed by atoms with Crippen molar-refractivity contribution in [1.29, 1.82) is 0 Å². The Morgan fingerprint density at radius 1 is 1.30 bits per heavy atom. The van der Waals surface area contributed by atoms with Gasteiger partial charge in [-0.25, -0.2) is 4.99 Å². The molecule has 142 valence electrons. The van der Waals surface area contributed by atoms with Gasteiger partial charge in [0.15, 0.2) is 12.7 Å². The van der Waals surface area contributed by atoms with E-state index in [2.05, 4.69) is 39.1 Å². The second-order valence-electron chi connectivity index (χ2n) is 6.61. The first-order valence-corrected chi connectivity index (χ1v) is 9.75. The third-order valence-corrected chi connectivity index (χ3v) is 4.96. The fourth-order valence-corrected chi connectivity index (χ4v) is 3.12. The summed E-state index contributed by atoms with van der Waals surface area (Å²) in [5.74, 6) is 0.827. The van der Waals surface area contributed by atoms with Crippen LogP contribution in [0.4, 0.5) is 5.69 Å². The number of aryl methyl sites for hydroxylation is 2. The summed E-state index contributed by atoms with van der Waals surface area (Å²) in [5.41, 5.74) is 4.84. The Kier molecular flexibility index (Phi) is 6.16. The average Bonchev–Trinajstić information content (AvgIpc) is 3.11. The minimum atomic E-state index is -0.238. The van der Waals surface area contributed by atoms with Crippen LogP contribution in [0, 0.1) is 13.8 Å². The van der Waals surface area contributed by atoms with Gasteiger partial charge in [0.1, 0.15) is 11.5 Å². The van der Waals surface area contributed by atoms with Gasteiger partial charge >= 0.3 is 0 Å². The van der Waals surface area contributed by atoms with Gasteiger partial charge in [-0.15, -0.1) is 0 Å². The van der Waals surface area contributed by atoms with Gasteiger partial charge < -0.3 is 14.5 Å². The van der Waals surface area contributed by atoms with E-state index in [4.69, 9.17) is 9.57 Å². The van der Waals surface area contributed by atoms with Crippen LogP contribution in [-0.2, 0) is 4.84 Å². The fraction of sp³-hybridized carbons (Fsp3) is 0.333. The molecule has 1 atom stereocenters. The first-order chi connectivity index (χ1) is 13.0. The summed E-state index contributed by atoms with van der Waals surface area (Å²) in [4.78, 5) is 11.9. The molecule has 6 heteroatoms. The smallest absolute Gasteiger partial charge is 0.181 e. The van der Waals surface area contributed by atoms with Crippen molar-refractivity contribution in [2.24, 2.45) is 10.1 Å². The lowest BCUT2D eigenvalue weighted by molar-refractivity contribution is 0.115. The Balaban J connectivity index is 1.80. The van der Waals surface area contributed by atoms with Crippen LogP contribution in [0.3, 0.4) is 0 Å². The van der Waals surface area contributed by atoms with Crippen molar-refractivity contribution >= 4 is 33.7 Å². The highest BCUT2D eigenvalue weighted by Gasteiger charge is 2.27. The maximum absolute atomic E-state index is 6.26. The number of rotatable bonds is 6. The zero-order valence-corrected chi connectivity index (χ0v) is 17.7. The summed E-state index contributed by atoms with van der Waals surface area (Å²) in [7, 11) is 2.01. The maximum Gasteiger partial charge on any atom is 0.181 e. The van der Waals surface area contributed by atoms with Crippen molar-refractivity contribution in [2.75, 3.05) is 20.2 Å². The second kappa shape index (κ2) is 8.57. The van der Waals surface area contributed by atoms with Crippen molar-refractivity contribution in [3.63, 3.8) is 0 Å². The fourth-order valence-electron chi connectivity index (χ4n) is 2.72. The van der Waals surface area contributed by atoms with E-state index in [9.17, 15) is 0 Å². The third-order valence-electron chi connectivity index (χ3n) is 4.47. The predicted octanol–water partition coefficient (Wildman–Crippen LogP) is 4.86. The molecule has 1 aliphatic heterocycles. The Hall–Kier alpha value is -2.34. The van der Waals surface area contributed by atoms with Crippen LogP contribution in [0.5, 0.6) is 5.75 Å². The number of halogens is 1. The highest BCUT2D eigenvalue weighted by atomic mass is 79.9. The van der Waals surface area contributed by atoms with Gasteiger partial charge in [0.05, 0.1) is 12.0 Å². The molecule has 2 aromatic rings. The first kappa shape index (κ1) is 19.4. The average molecular weight is 430 g/mol. The lowest BCUT2D eigenvalue weighted by Gasteiger charge is -2.17. The van der Waals surface area contributed by atoms with Crippen LogP contribution >= 0.6 is 15.9 Å². The van der Waals surface area contributed by atoms with Gasteiger partial charge in [-0.3, -0.25) is 0 Å². The summed E-state index contributed by atoms with van der Waals surface area (Å²) in [6.07, 6.45) is 1.61. The van der Waals surface area contributed by atoms with E-state index in [0.717, 1.165) is 44.9 Å². The molecule has 27 heavy (non-hydrogen) atoms. The summed E-state index contributed by atoms with van der Waals surface area (Å²) in [6.45, 7) is 7.49. The lowest BCUT2D eigenvalue weighted by Crippen LogP contribution is -2.28. The normalized spacial score (nSPS) is 16.3. The quantitative estimate of drug-likeness (QED) is 0.486. The molecular weight excluding hydrogens is 406 g/mol. The monoisotopic (exact) mass is 429 g/mol. The van der Waals surface area contributed by atoms with E-state index in [1.54, 1.807) is 0 Å². The van der Waals surface area contributed by atoms with Crippen LogP contribution in [-0.4, -0.2) is 43.3 Å². The zero-order chi connectivity index (χ0) is 19.4. The molecule has 0 radical (unpaired) electrons. The van der Waals surface area contributed by atoms with Gasteiger partial charge in [0.2, 0.25) is 0 Å². The first-order valence-electron chi connectivity index (χ1n) is 8.96. The number of hydrogen-bond acceptors (Lipinski definition) is 4. The van der Waals surface area contributed by atoms with E-state index in [0.29, 0.717) is 6.61 Å². The maximum atomic E-state index is 6.26. The summed E-state index contributed by atoms with van der Waals surface area (Å²) < 4.78 is 7.26. The van der Waals surface area contributed by atoms with Crippen LogP contribution in [0.1, 0.15) is 23.6 Å². The predicted molar refractivity (Wildman–Crippen MR) is 113 cm³/mol.